The first-order chi connectivity index (χ1) is 20.3. The van der Waals surface area contributed by atoms with Crippen molar-refractivity contribution in [3.05, 3.63) is 152 Å². The Morgan fingerprint density at radius 2 is 1.12 bits per heavy atom. The Kier molecular flexibility index (Phi) is 5.46. The third-order valence-corrected chi connectivity index (χ3v) is 7.96. The summed E-state index contributed by atoms with van der Waals surface area (Å²) >= 11 is 0. The Balaban J connectivity index is 1.25. The first-order valence-electron chi connectivity index (χ1n) is 13.8. The zero-order valence-electron chi connectivity index (χ0n) is 22.3. The minimum absolute atomic E-state index is 0.923. The molecular formula is C38H25N3. The second kappa shape index (κ2) is 9.58. The monoisotopic (exact) mass is 523 g/mol. The highest BCUT2D eigenvalue weighted by atomic mass is 15.1. The molecule has 0 atom stereocenters. The maximum Gasteiger partial charge on any atom is 0.0704 e. The average molecular weight is 524 g/mol. The highest BCUT2D eigenvalue weighted by Gasteiger charge is 2.22. The second-order valence-electron chi connectivity index (χ2n) is 10.3. The van der Waals surface area contributed by atoms with Crippen LogP contribution in [0.1, 0.15) is 0 Å². The summed E-state index contributed by atoms with van der Waals surface area (Å²) in [7, 11) is 0. The number of hydrogen-bond acceptors (Lipinski definition) is 3. The van der Waals surface area contributed by atoms with Crippen molar-refractivity contribution in [3.63, 3.8) is 0 Å². The molecule has 0 saturated heterocycles. The lowest BCUT2D eigenvalue weighted by atomic mass is 9.94. The molecule has 0 radical (unpaired) electrons. The molecule has 1 aliphatic rings. The van der Waals surface area contributed by atoms with Crippen molar-refractivity contribution in [3.8, 4) is 44.6 Å². The van der Waals surface area contributed by atoms with Gasteiger partial charge in [-0.2, -0.15) is 0 Å². The lowest BCUT2D eigenvalue weighted by Gasteiger charge is -2.26. The van der Waals surface area contributed by atoms with Gasteiger partial charge < -0.3 is 4.90 Å². The Labute approximate surface area is 239 Å². The molecule has 3 heteroatoms. The van der Waals surface area contributed by atoms with Crippen LogP contribution in [0, 0.1) is 0 Å². The van der Waals surface area contributed by atoms with Crippen LogP contribution in [0.15, 0.2) is 152 Å². The summed E-state index contributed by atoms with van der Waals surface area (Å²) < 4.78 is 0. The number of fused-ring (bicyclic) bond motifs is 3. The van der Waals surface area contributed by atoms with Gasteiger partial charge in [0.2, 0.25) is 0 Å². The van der Waals surface area contributed by atoms with E-state index in [-0.39, 0.29) is 0 Å². The van der Waals surface area contributed by atoms with Crippen LogP contribution in [0.3, 0.4) is 0 Å². The lowest BCUT2D eigenvalue weighted by Crippen LogP contribution is -2.10. The molecule has 1 aliphatic carbocycles. The molecule has 2 aromatic heterocycles. The molecule has 7 aromatic rings. The van der Waals surface area contributed by atoms with E-state index in [0.29, 0.717) is 0 Å². The van der Waals surface area contributed by atoms with E-state index in [4.69, 9.17) is 4.98 Å². The molecular weight excluding hydrogens is 498 g/mol. The van der Waals surface area contributed by atoms with E-state index < -0.39 is 0 Å². The van der Waals surface area contributed by atoms with Crippen LogP contribution in [0.5, 0.6) is 0 Å². The number of benzene rings is 5. The Hall–Kier alpha value is -5.54. The third kappa shape index (κ3) is 3.90. The fraction of sp³-hybridized carbons (Fsp3) is 0. The van der Waals surface area contributed by atoms with Gasteiger partial charge in [-0.15, -0.1) is 0 Å². The largest absolute Gasteiger partial charge is 0.309 e. The zero-order chi connectivity index (χ0) is 27.2. The number of hydrogen-bond donors (Lipinski definition) is 0. The van der Waals surface area contributed by atoms with Crippen LogP contribution in [0.4, 0.5) is 17.1 Å². The van der Waals surface area contributed by atoms with Gasteiger partial charge in [0, 0.05) is 29.3 Å². The summed E-state index contributed by atoms with van der Waals surface area (Å²) in [6.45, 7) is 0. The summed E-state index contributed by atoms with van der Waals surface area (Å²) in [4.78, 5) is 11.2. The van der Waals surface area contributed by atoms with Crippen molar-refractivity contribution in [2.75, 3.05) is 4.90 Å². The first-order valence-corrected chi connectivity index (χ1v) is 13.8. The highest BCUT2D eigenvalue weighted by molar-refractivity contribution is 6.18. The van der Waals surface area contributed by atoms with Crippen molar-refractivity contribution in [1.29, 1.82) is 0 Å². The van der Waals surface area contributed by atoms with Gasteiger partial charge in [0.05, 0.1) is 17.6 Å². The molecule has 3 nitrogen and oxygen atoms in total. The van der Waals surface area contributed by atoms with Crippen LogP contribution in [0.25, 0.3) is 55.4 Å². The first kappa shape index (κ1) is 23.4. The summed E-state index contributed by atoms with van der Waals surface area (Å²) in [5.41, 5.74) is 12.8. The fourth-order valence-electron chi connectivity index (χ4n) is 6.11. The van der Waals surface area contributed by atoms with Crippen LogP contribution in [-0.2, 0) is 0 Å². The van der Waals surface area contributed by atoms with Gasteiger partial charge in [-0.1, -0.05) is 84.9 Å². The minimum atomic E-state index is 0.923. The average Bonchev–Trinajstić information content (AvgIpc) is 3.38. The molecule has 192 valence electrons. The van der Waals surface area contributed by atoms with Crippen LogP contribution in [-0.4, -0.2) is 9.97 Å². The molecule has 0 saturated carbocycles. The predicted molar refractivity (Wildman–Crippen MR) is 170 cm³/mol. The Bertz CT molecular complexity index is 2000. The number of rotatable bonds is 5. The molecule has 41 heavy (non-hydrogen) atoms. The van der Waals surface area contributed by atoms with E-state index in [1.807, 2.05) is 24.4 Å². The number of nitrogens with zero attached hydrogens (tertiary/aromatic N) is 3. The molecule has 0 bridgehead atoms. The van der Waals surface area contributed by atoms with Crippen LogP contribution < -0.4 is 4.90 Å². The van der Waals surface area contributed by atoms with Crippen molar-refractivity contribution in [2.45, 2.75) is 0 Å². The molecule has 0 amide bonds. The highest BCUT2D eigenvalue weighted by Crippen LogP contribution is 2.49. The quantitative estimate of drug-likeness (QED) is 0.225. The number of anilines is 3. The van der Waals surface area contributed by atoms with Gasteiger partial charge in [0.25, 0.3) is 0 Å². The molecule has 5 aromatic carbocycles. The van der Waals surface area contributed by atoms with E-state index in [0.717, 1.165) is 28.3 Å². The normalized spacial score (nSPS) is 11.4. The molecule has 0 unspecified atom stereocenters. The van der Waals surface area contributed by atoms with Gasteiger partial charge in [-0.25, -0.2) is 0 Å². The maximum atomic E-state index is 4.82. The summed E-state index contributed by atoms with van der Waals surface area (Å²) in [6, 6.07) is 47.5. The summed E-state index contributed by atoms with van der Waals surface area (Å²) in [5.74, 6) is 0. The lowest BCUT2D eigenvalue weighted by molar-refractivity contribution is 1.23. The molecule has 0 N–H and O–H groups in total. The molecule has 0 fully saturated rings. The van der Waals surface area contributed by atoms with Gasteiger partial charge >= 0.3 is 0 Å². The number of para-hydroxylation sites is 1. The van der Waals surface area contributed by atoms with Gasteiger partial charge in [-0.3, -0.25) is 9.97 Å². The van der Waals surface area contributed by atoms with Crippen molar-refractivity contribution in [1.82, 2.24) is 9.97 Å². The predicted octanol–water partition coefficient (Wildman–Crippen LogP) is 10.1. The maximum absolute atomic E-state index is 4.82. The smallest absolute Gasteiger partial charge is 0.0704 e. The minimum Gasteiger partial charge on any atom is -0.309 e. The molecule has 2 heterocycles. The number of aromatic nitrogens is 2. The third-order valence-electron chi connectivity index (χ3n) is 7.96. The topological polar surface area (TPSA) is 29.0 Å². The summed E-state index contributed by atoms with van der Waals surface area (Å²) in [5, 5.41) is 2.62. The SMILES string of the molecule is c1ccc(N(c2ccc(-c3ccncc3)nc2)c2cccc(-c3ccc4c5c(cccc35)-c3ccccc3-4)c2)cc1. The van der Waals surface area contributed by atoms with Crippen molar-refractivity contribution < 1.29 is 0 Å². The second-order valence-corrected chi connectivity index (χ2v) is 10.3. The van der Waals surface area contributed by atoms with E-state index in [1.165, 1.54) is 44.2 Å². The van der Waals surface area contributed by atoms with Gasteiger partial charge in [-0.05, 0) is 92.7 Å². The van der Waals surface area contributed by atoms with Gasteiger partial charge in [0.15, 0.2) is 0 Å². The van der Waals surface area contributed by atoms with Crippen LogP contribution >= 0.6 is 0 Å². The van der Waals surface area contributed by atoms with E-state index in [9.17, 15) is 0 Å². The van der Waals surface area contributed by atoms with E-state index >= 15 is 0 Å². The summed E-state index contributed by atoms with van der Waals surface area (Å²) in [6.07, 6.45) is 5.54. The Morgan fingerprint density at radius 1 is 0.439 bits per heavy atom. The Morgan fingerprint density at radius 3 is 1.90 bits per heavy atom. The zero-order valence-corrected chi connectivity index (χ0v) is 22.3. The van der Waals surface area contributed by atoms with E-state index in [2.05, 4.69) is 125 Å². The van der Waals surface area contributed by atoms with Crippen molar-refractivity contribution >= 4 is 27.8 Å². The van der Waals surface area contributed by atoms with E-state index in [1.54, 1.807) is 12.4 Å². The molecule has 0 aliphatic heterocycles. The molecule has 0 spiro atoms. The standard InChI is InChI=1S/C38H25N3/c1-2-9-28(10-3-1)41(30-16-19-37(40-25-30)26-20-22-39-23-21-26)29-11-6-8-27(24-29)31-17-18-36-33-13-5-4-12-32(33)35-15-7-14-34(31)38(35)36/h1-25H. The number of pyridine rings is 2. The fourth-order valence-corrected chi connectivity index (χ4v) is 6.11. The molecule has 8 rings (SSSR count). The van der Waals surface area contributed by atoms with Crippen LogP contribution in [0.2, 0.25) is 0 Å². The van der Waals surface area contributed by atoms with Crippen molar-refractivity contribution in [2.24, 2.45) is 0 Å². The van der Waals surface area contributed by atoms with Gasteiger partial charge in [0.1, 0.15) is 0 Å².